The Hall–Kier alpha value is -4.32. The quantitative estimate of drug-likeness (QED) is 0.0355. The Bertz CT molecular complexity index is 1300. The van der Waals surface area contributed by atoms with Crippen LogP contribution < -0.4 is 26.6 Å². The summed E-state index contributed by atoms with van der Waals surface area (Å²) >= 11 is 0. The molecule has 0 radical (unpaired) electrons. The molecule has 0 unspecified atom stereocenters. The molecule has 390 valence electrons. The van der Waals surface area contributed by atoms with E-state index in [9.17, 15) is 28.8 Å². The van der Waals surface area contributed by atoms with Gasteiger partial charge in [-0.25, -0.2) is 14.4 Å². The lowest BCUT2D eigenvalue weighted by molar-refractivity contribution is -0.163. The van der Waals surface area contributed by atoms with Crippen molar-refractivity contribution in [3.05, 3.63) is 38.0 Å². The molecule has 4 rings (SSSR count). The van der Waals surface area contributed by atoms with Gasteiger partial charge in [0.15, 0.2) is 0 Å². The Morgan fingerprint density at radius 3 is 0.853 bits per heavy atom. The first kappa shape index (κ1) is 61.7. The van der Waals surface area contributed by atoms with Gasteiger partial charge in [-0.1, -0.05) is 33.6 Å². The Balaban J connectivity index is 0.000000663. The fourth-order valence-electron chi connectivity index (χ4n) is 6.79. The molecule has 0 atom stereocenters. The zero-order chi connectivity index (χ0) is 50.3. The predicted molar refractivity (Wildman–Crippen MR) is 257 cm³/mol. The van der Waals surface area contributed by atoms with Crippen molar-refractivity contribution in [1.82, 2.24) is 41.3 Å². The summed E-state index contributed by atoms with van der Waals surface area (Å²) in [7, 11) is 1.00. The van der Waals surface area contributed by atoms with Crippen molar-refractivity contribution in [1.29, 1.82) is 0 Å². The highest BCUT2D eigenvalue weighted by atomic mass is 16.6. The lowest BCUT2D eigenvalue weighted by Gasteiger charge is -2.32. The Morgan fingerprint density at radius 2 is 0.647 bits per heavy atom. The molecule has 0 amide bonds. The predicted octanol–water partition coefficient (Wildman–Crippen LogP) is -0.744. The van der Waals surface area contributed by atoms with Crippen molar-refractivity contribution < 1.29 is 62.3 Å². The van der Waals surface area contributed by atoms with Crippen molar-refractivity contribution in [3.63, 3.8) is 0 Å². The van der Waals surface area contributed by atoms with Crippen LogP contribution in [0.1, 0.15) is 46.0 Å². The molecule has 0 aliphatic carbocycles. The summed E-state index contributed by atoms with van der Waals surface area (Å²) in [5.41, 5.74) is -1.61. The van der Waals surface area contributed by atoms with Gasteiger partial charge in [0.2, 0.25) is 0 Å². The van der Waals surface area contributed by atoms with Crippen LogP contribution >= 0.6 is 0 Å². The van der Waals surface area contributed by atoms with E-state index in [0.717, 1.165) is 130 Å². The second kappa shape index (κ2) is 38.5. The normalized spacial score (nSPS) is 16.8. The number of ether oxygens (including phenoxy) is 6. The van der Waals surface area contributed by atoms with Gasteiger partial charge in [-0.05, 0) is 12.8 Å². The zero-order valence-electron chi connectivity index (χ0n) is 41.3. The molecule has 0 bridgehead atoms. The third-order valence-electron chi connectivity index (χ3n) is 11.7. The maximum absolute atomic E-state index is 12.6. The molecule has 0 aromatic carbocycles. The van der Waals surface area contributed by atoms with E-state index in [1.165, 1.54) is 0 Å². The van der Waals surface area contributed by atoms with E-state index in [1.54, 1.807) is 6.92 Å². The van der Waals surface area contributed by atoms with E-state index >= 15 is 0 Å². The molecule has 0 saturated carbocycles. The van der Waals surface area contributed by atoms with E-state index in [0.29, 0.717) is 51.7 Å². The summed E-state index contributed by atoms with van der Waals surface area (Å²) in [6.45, 7) is 31.1. The highest BCUT2D eigenvalue weighted by Crippen LogP contribution is 2.26. The van der Waals surface area contributed by atoms with Crippen LogP contribution in [0.5, 0.6) is 0 Å². The Labute approximate surface area is 404 Å². The number of hydrogen-bond acceptors (Lipinski definition) is 21. The smallest absolute Gasteiger partial charge is 0.330 e. The lowest BCUT2D eigenvalue weighted by atomic mass is 9.88. The molecule has 4 saturated heterocycles. The van der Waals surface area contributed by atoms with Crippen LogP contribution in [0.3, 0.4) is 0 Å². The van der Waals surface area contributed by atoms with Crippen LogP contribution in [-0.2, 0) is 57.2 Å². The number of nitrogens with zero attached hydrogens (tertiary/aromatic N) is 3. The summed E-state index contributed by atoms with van der Waals surface area (Å²) in [6, 6.07) is 0. The average Bonchev–Trinajstić information content (AvgIpc) is 3.40. The molecule has 68 heavy (non-hydrogen) atoms. The molecule has 4 aliphatic heterocycles. The van der Waals surface area contributed by atoms with Crippen molar-refractivity contribution in [2.75, 3.05) is 171 Å². The second-order valence-electron chi connectivity index (χ2n) is 16.6. The second-order valence-corrected chi connectivity index (χ2v) is 16.6. The molecule has 4 aliphatic rings. The van der Waals surface area contributed by atoms with Crippen molar-refractivity contribution in [3.8, 4) is 0 Å². The number of piperazine rings is 4. The molecule has 6 N–H and O–H groups in total. The van der Waals surface area contributed by atoms with Gasteiger partial charge in [0.05, 0.1) is 30.1 Å². The van der Waals surface area contributed by atoms with Gasteiger partial charge in [0, 0.05) is 150 Å². The molecule has 21 heteroatoms. The summed E-state index contributed by atoms with van der Waals surface area (Å²) in [4.78, 5) is 78.0. The van der Waals surface area contributed by atoms with Crippen molar-refractivity contribution >= 4 is 35.8 Å². The summed E-state index contributed by atoms with van der Waals surface area (Å²) in [5, 5.41) is 23.4. The summed E-state index contributed by atoms with van der Waals surface area (Å²) in [5.74, 6) is -2.71. The van der Waals surface area contributed by atoms with Crippen LogP contribution in [-0.4, -0.2) is 227 Å². The van der Waals surface area contributed by atoms with Gasteiger partial charge in [-0.3, -0.25) is 14.4 Å². The van der Waals surface area contributed by atoms with E-state index in [-0.39, 0.29) is 57.5 Å². The number of rotatable bonds is 26. The fraction of sp³-hybridized carbons (Fsp3) is 0.745. The van der Waals surface area contributed by atoms with Gasteiger partial charge < -0.3 is 74.8 Å². The third-order valence-corrected chi connectivity index (χ3v) is 11.7. The molecule has 4 heterocycles. The highest BCUT2D eigenvalue weighted by Gasteiger charge is 2.35. The standard InChI is InChI=1S/C27H50N6O6.C15H20O6.C4H10N2.CH4O/c1-2-27(21-37-24(34)3-12-31-15-6-28-7-16-31,22-38-25(35)4-13-32-17-8-29-9-18-32)23-39-26(36)5-14-33-19-10-30-11-20-33;1-5-12(16)19-9-15(8-4,10-20-13(17)6-2)11-21-14(18)7-3;1-2-6-4-3-5-1;1-2/h28-30H,2-23H2,1H3;5-7H,1-3,8-11H2,4H3;5-6H,1-4H2;2H,1H3. The van der Waals surface area contributed by atoms with E-state index in [4.69, 9.17) is 33.5 Å². The molecule has 4 fully saturated rings. The highest BCUT2D eigenvalue weighted by molar-refractivity contribution is 5.82. The van der Waals surface area contributed by atoms with Gasteiger partial charge in [0.1, 0.15) is 39.6 Å². The van der Waals surface area contributed by atoms with Gasteiger partial charge in [-0.2, -0.15) is 0 Å². The minimum atomic E-state index is -0.837. The molecular formula is C47H84N8O13. The topological polar surface area (TPSA) is 248 Å². The molecule has 21 nitrogen and oxygen atoms in total. The maximum Gasteiger partial charge on any atom is 0.330 e. The number of aliphatic hydroxyl groups is 1. The van der Waals surface area contributed by atoms with Crippen molar-refractivity contribution in [2.45, 2.75) is 46.0 Å². The first-order valence-corrected chi connectivity index (χ1v) is 23.9. The fourth-order valence-corrected chi connectivity index (χ4v) is 6.79. The largest absolute Gasteiger partial charge is 0.465 e. The molecule has 0 spiro atoms. The Kier molecular flexibility index (Phi) is 34.9. The first-order valence-electron chi connectivity index (χ1n) is 23.9. The summed E-state index contributed by atoms with van der Waals surface area (Å²) < 4.78 is 32.0. The Morgan fingerprint density at radius 1 is 0.426 bits per heavy atom. The monoisotopic (exact) mass is 969 g/mol. The number of carbonyl (C=O) groups is 6. The van der Waals surface area contributed by atoms with Gasteiger partial charge >= 0.3 is 35.8 Å². The van der Waals surface area contributed by atoms with Crippen molar-refractivity contribution in [2.24, 2.45) is 10.8 Å². The average molecular weight is 969 g/mol. The van der Waals surface area contributed by atoms with Crippen LogP contribution in [0.4, 0.5) is 0 Å². The van der Waals surface area contributed by atoms with Crippen LogP contribution in [0.25, 0.3) is 0 Å². The number of esters is 6. The number of hydrogen-bond donors (Lipinski definition) is 6. The number of aliphatic hydroxyl groups excluding tert-OH is 1. The van der Waals surface area contributed by atoms with E-state index < -0.39 is 28.7 Å². The maximum atomic E-state index is 12.6. The molecule has 0 aromatic rings. The lowest BCUT2D eigenvalue weighted by Crippen LogP contribution is -2.45. The zero-order valence-corrected chi connectivity index (χ0v) is 41.3. The van der Waals surface area contributed by atoms with Gasteiger partial charge in [-0.15, -0.1) is 0 Å². The van der Waals surface area contributed by atoms with E-state index in [2.05, 4.69) is 61.0 Å². The first-order chi connectivity index (χ1) is 32.9. The SMILES string of the molecule is C1CNCCN1.C=CC(=O)OCC(CC)(COC(=O)C=C)COC(=O)C=C.CCC(COC(=O)CCN1CCNCC1)(COC(=O)CCN1CCNCC1)COC(=O)CCN1CCNCC1.CO. The van der Waals surface area contributed by atoms with Crippen LogP contribution in [0, 0.1) is 10.8 Å². The minimum Gasteiger partial charge on any atom is -0.465 e. The minimum absolute atomic E-state index is 0.0417. The molecular weight excluding hydrogens is 885 g/mol. The molecule has 0 aromatic heterocycles. The summed E-state index contributed by atoms with van der Waals surface area (Å²) in [6.07, 6.45) is 4.95. The van der Waals surface area contributed by atoms with Gasteiger partial charge in [0.25, 0.3) is 0 Å². The number of nitrogens with one attached hydrogen (secondary N) is 5. The third kappa shape index (κ3) is 28.9. The van der Waals surface area contributed by atoms with E-state index in [1.807, 2.05) is 6.92 Å². The number of carbonyl (C=O) groups excluding carboxylic acids is 6. The van der Waals surface area contributed by atoms with Crippen LogP contribution in [0.2, 0.25) is 0 Å². The van der Waals surface area contributed by atoms with Crippen LogP contribution in [0.15, 0.2) is 38.0 Å².